The Morgan fingerprint density at radius 3 is 1.62 bits per heavy atom. The smallest absolute Gasteiger partial charge is 0.306 e. The molecular formula is C45H78O12S. The largest absolute Gasteiger partial charge is 0.462 e. The fraction of sp³-hybridized carbons (Fsp3) is 0.778. The highest BCUT2D eigenvalue weighted by Gasteiger charge is 2.46. The summed E-state index contributed by atoms with van der Waals surface area (Å²) in [5.41, 5.74) is 0. The van der Waals surface area contributed by atoms with Gasteiger partial charge in [-0.2, -0.15) is 8.42 Å². The molecule has 2 unspecified atom stereocenters. The van der Waals surface area contributed by atoms with Crippen molar-refractivity contribution in [1.29, 1.82) is 0 Å². The number of aliphatic hydroxyl groups is 3. The number of unbranched alkanes of at least 4 members (excludes halogenated alkanes) is 16. The van der Waals surface area contributed by atoms with Gasteiger partial charge < -0.3 is 34.3 Å². The third kappa shape index (κ3) is 29.8. The molecule has 0 radical (unpaired) electrons. The highest BCUT2D eigenvalue weighted by atomic mass is 32.2. The molecule has 12 nitrogen and oxygen atoms in total. The molecule has 1 fully saturated rings. The first-order valence-electron chi connectivity index (χ1n) is 22.2. The van der Waals surface area contributed by atoms with Crippen LogP contribution in [-0.4, -0.2) is 96.0 Å². The topological polar surface area (TPSA) is 186 Å². The molecule has 0 amide bonds. The first-order valence-corrected chi connectivity index (χ1v) is 23.8. The zero-order valence-corrected chi connectivity index (χ0v) is 36.5. The third-order valence-electron chi connectivity index (χ3n) is 9.88. The van der Waals surface area contributed by atoms with E-state index < -0.39 is 71.2 Å². The molecule has 1 heterocycles. The van der Waals surface area contributed by atoms with E-state index in [0.717, 1.165) is 70.6 Å². The molecule has 0 bridgehead atoms. The highest BCUT2D eigenvalue weighted by molar-refractivity contribution is 7.85. The monoisotopic (exact) mass is 843 g/mol. The summed E-state index contributed by atoms with van der Waals surface area (Å²) >= 11 is 0. The van der Waals surface area contributed by atoms with Gasteiger partial charge in [0.1, 0.15) is 36.8 Å². The van der Waals surface area contributed by atoms with Crippen LogP contribution in [0.5, 0.6) is 0 Å². The van der Waals surface area contributed by atoms with E-state index in [1.54, 1.807) is 0 Å². The maximum absolute atomic E-state index is 12.8. The van der Waals surface area contributed by atoms with Gasteiger partial charge in [-0.25, -0.2) is 0 Å². The lowest BCUT2D eigenvalue weighted by Crippen LogP contribution is -2.60. The zero-order chi connectivity index (χ0) is 42.7. The lowest BCUT2D eigenvalue weighted by molar-refractivity contribution is -0.297. The second-order valence-electron chi connectivity index (χ2n) is 15.4. The Morgan fingerprint density at radius 2 is 1.03 bits per heavy atom. The molecule has 0 spiro atoms. The van der Waals surface area contributed by atoms with Gasteiger partial charge in [0.2, 0.25) is 0 Å². The normalized spacial score (nSPS) is 20.8. The van der Waals surface area contributed by atoms with Crippen LogP contribution in [-0.2, 0) is 38.7 Å². The minimum absolute atomic E-state index is 0.113. The number of ether oxygens (including phenoxy) is 4. The maximum atomic E-state index is 12.8. The van der Waals surface area contributed by atoms with Gasteiger partial charge in [-0.05, 0) is 77.0 Å². The molecule has 0 saturated carbocycles. The number of allylic oxidation sites excluding steroid dienone is 8. The molecule has 1 saturated heterocycles. The van der Waals surface area contributed by atoms with E-state index in [9.17, 15) is 37.9 Å². The number of rotatable bonds is 36. The van der Waals surface area contributed by atoms with Gasteiger partial charge >= 0.3 is 11.9 Å². The van der Waals surface area contributed by atoms with E-state index in [2.05, 4.69) is 62.5 Å². The Hall–Kier alpha value is -2.39. The van der Waals surface area contributed by atoms with Crippen LogP contribution in [0.3, 0.4) is 0 Å². The van der Waals surface area contributed by atoms with Crippen LogP contribution in [0.4, 0.5) is 0 Å². The molecule has 6 atom stereocenters. The van der Waals surface area contributed by atoms with E-state index >= 15 is 0 Å². The van der Waals surface area contributed by atoms with Crippen molar-refractivity contribution in [1.82, 2.24) is 0 Å². The van der Waals surface area contributed by atoms with Gasteiger partial charge in [0.05, 0.1) is 6.61 Å². The fourth-order valence-electron chi connectivity index (χ4n) is 6.38. The SMILES string of the molecule is CCCCC/C=C/C/C=C/C/C=C/CCCCC(=O)O[C@H](COC(=O)CCCCCCC/C=C/CCCCCCCC)CO[C@H]1O[C@H](CS(=O)(=O)O)[C@@H](O)C(O)C1O. The summed E-state index contributed by atoms with van der Waals surface area (Å²) in [4.78, 5) is 25.4. The minimum atomic E-state index is -4.61. The molecular weight excluding hydrogens is 765 g/mol. The van der Waals surface area contributed by atoms with Gasteiger partial charge in [0, 0.05) is 12.8 Å². The number of carbonyl (C=O) groups excluding carboxylic acids is 2. The summed E-state index contributed by atoms with van der Waals surface area (Å²) in [5, 5.41) is 30.8. The van der Waals surface area contributed by atoms with Gasteiger partial charge in [-0.3, -0.25) is 14.1 Å². The second kappa shape index (κ2) is 35.4. The van der Waals surface area contributed by atoms with Crippen LogP contribution in [0.15, 0.2) is 48.6 Å². The Morgan fingerprint density at radius 1 is 0.586 bits per heavy atom. The second-order valence-corrected chi connectivity index (χ2v) is 16.9. The van der Waals surface area contributed by atoms with Crippen molar-refractivity contribution in [3.63, 3.8) is 0 Å². The van der Waals surface area contributed by atoms with Gasteiger partial charge in [0.15, 0.2) is 12.4 Å². The molecule has 58 heavy (non-hydrogen) atoms. The van der Waals surface area contributed by atoms with Gasteiger partial charge in [-0.15, -0.1) is 0 Å². The molecule has 0 aliphatic carbocycles. The predicted molar refractivity (Wildman–Crippen MR) is 229 cm³/mol. The molecule has 0 aromatic carbocycles. The number of hydrogen-bond donors (Lipinski definition) is 4. The highest BCUT2D eigenvalue weighted by Crippen LogP contribution is 2.24. The summed E-state index contributed by atoms with van der Waals surface area (Å²) in [5.74, 6) is -2.05. The van der Waals surface area contributed by atoms with E-state index in [4.69, 9.17) is 18.9 Å². The third-order valence-corrected chi connectivity index (χ3v) is 10.6. The van der Waals surface area contributed by atoms with Crippen molar-refractivity contribution in [2.45, 2.75) is 205 Å². The van der Waals surface area contributed by atoms with E-state index in [1.807, 2.05) is 0 Å². The van der Waals surface area contributed by atoms with Crippen LogP contribution in [0.25, 0.3) is 0 Å². The Kier molecular flexibility index (Phi) is 32.7. The first-order chi connectivity index (χ1) is 28.0. The summed E-state index contributed by atoms with van der Waals surface area (Å²) < 4.78 is 54.0. The van der Waals surface area contributed by atoms with Crippen molar-refractivity contribution in [2.75, 3.05) is 19.0 Å². The summed E-state index contributed by atoms with van der Waals surface area (Å²) in [6, 6.07) is 0. The van der Waals surface area contributed by atoms with Crippen LogP contribution >= 0.6 is 0 Å². The number of hydrogen-bond acceptors (Lipinski definition) is 11. The van der Waals surface area contributed by atoms with Crippen LogP contribution in [0.1, 0.15) is 168 Å². The lowest BCUT2D eigenvalue weighted by Gasteiger charge is -2.40. The average Bonchev–Trinajstić information content (AvgIpc) is 3.18. The molecule has 0 aromatic rings. The van der Waals surface area contributed by atoms with Crippen molar-refractivity contribution >= 4 is 22.1 Å². The Bertz CT molecular complexity index is 1260. The average molecular weight is 843 g/mol. The molecule has 1 aliphatic heterocycles. The van der Waals surface area contributed by atoms with Crippen molar-refractivity contribution in [3.05, 3.63) is 48.6 Å². The number of aliphatic hydroxyl groups excluding tert-OH is 3. The summed E-state index contributed by atoms with van der Waals surface area (Å²) in [6.07, 6.45) is 31.6. The van der Waals surface area contributed by atoms with Gasteiger partial charge in [0.25, 0.3) is 10.1 Å². The van der Waals surface area contributed by atoms with Crippen LogP contribution in [0.2, 0.25) is 0 Å². The number of esters is 2. The molecule has 13 heteroatoms. The van der Waals surface area contributed by atoms with Gasteiger partial charge in [-0.1, -0.05) is 127 Å². The van der Waals surface area contributed by atoms with Crippen LogP contribution in [0, 0.1) is 0 Å². The molecule has 336 valence electrons. The Balaban J connectivity index is 2.50. The maximum Gasteiger partial charge on any atom is 0.306 e. The van der Waals surface area contributed by atoms with E-state index in [-0.39, 0.29) is 19.4 Å². The Labute approximate surface area is 350 Å². The fourth-order valence-corrected chi connectivity index (χ4v) is 7.07. The van der Waals surface area contributed by atoms with Crippen molar-refractivity contribution in [2.24, 2.45) is 0 Å². The van der Waals surface area contributed by atoms with Crippen molar-refractivity contribution < 1.29 is 56.8 Å². The van der Waals surface area contributed by atoms with Crippen LogP contribution < -0.4 is 0 Å². The van der Waals surface area contributed by atoms with E-state index in [0.29, 0.717) is 12.8 Å². The zero-order valence-electron chi connectivity index (χ0n) is 35.6. The quantitative estimate of drug-likeness (QED) is 0.0204. The molecule has 0 aromatic heterocycles. The van der Waals surface area contributed by atoms with E-state index in [1.165, 1.54) is 57.8 Å². The molecule has 1 aliphatic rings. The lowest BCUT2D eigenvalue weighted by atomic mass is 10.00. The summed E-state index contributed by atoms with van der Waals surface area (Å²) in [7, 11) is -4.61. The van der Waals surface area contributed by atoms with Crippen molar-refractivity contribution in [3.8, 4) is 0 Å². The first kappa shape index (κ1) is 53.6. The minimum Gasteiger partial charge on any atom is -0.462 e. The summed E-state index contributed by atoms with van der Waals surface area (Å²) in [6.45, 7) is 3.67. The predicted octanol–water partition coefficient (Wildman–Crippen LogP) is 8.78. The molecule has 1 rings (SSSR count). The number of carbonyl (C=O) groups is 2. The molecule has 4 N–H and O–H groups in total. The standard InChI is InChI=1S/C45H78O12S/c1-3-5-7-9-11-13-15-17-19-21-23-25-27-29-31-33-40(46)54-35-38(36-55-45-44(50)43(49)42(48)39(57-45)37-58(51,52)53)56-41(47)34-32-30-28-26-24-22-20-18-16-14-12-10-8-6-4-2/h12,14,17-20,24,26,38-39,42-45,48-50H,3-11,13,15-16,21-23,25,27-37H2,1-2H3,(H,51,52,53)/b14-12+,19-17+,20-18+,26-24+/t38-,39-,42-,43?,44?,45+/m1/s1.